The average molecular weight is 393 g/mol. The Bertz CT molecular complexity index is 905. The number of benzene rings is 1. The lowest BCUT2D eigenvalue weighted by Gasteiger charge is -2.04. The van der Waals surface area contributed by atoms with Gasteiger partial charge >= 0.3 is 6.61 Å². The first kappa shape index (κ1) is 16.3. The van der Waals surface area contributed by atoms with Gasteiger partial charge in [0.1, 0.15) is 11.4 Å². The third-order valence-electron chi connectivity index (χ3n) is 3.27. The molecule has 0 amide bonds. The van der Waals surface area contributed by atoms with Crippen molar-refractivity contribution in [3.05, 3.63) is 70.6 Å². The lowest BCUT2D eigenvalue weighted by molar-refractivity contribution is -0.0498. The zero-order valence-corrected chi connectivity index (χ0v) is 13.8. The van der Waals surface area contributed by atoms with Crippen molar-refractivity contribution < 1.29 is 18.3 Å². The normalized spacial score (nSPS) is 11.5. The number of hydrogen-bond donors (Lipinski definition) is 0. The van der Waals surface area contributed by atoms with E-state index in [0.29, 0.717) is 5.56 Å². The van der Waals surface area contributed by atoms with Gasteiger partial charge < -0.3 is 4.74 Å². The van der Waals surface area contributed by atoms with Crippen molar-refractivity contribution in [3.8, 4) is 5.75 Å². The Morgan fingerprint density at radius 1 is 1.21 bits per heavy atom. The van der Waals surface area contributed by atoms with Crippen LogP contribution in [0.5, 0.6) is 5.75 Å². The van der Waals surface area contributed by atoms with E-state index < -0.39 is 6.61 Å². The first-order chi connectivity index (χ1) is 11.5. The predicted molar refractivity (Wildman–Crippen MR) is 89.3 cm³/mol. The van der Waals surface area contributed by atoms with E-state index in [9.17, 15) is 13.6 Å². The van der Waals surface area contributed by atoms with Gasteiger partial charge in [0, 0.05) is 16.2 Å². The van der Waals surface area contributed by atoms with Crippen LogP contribution in [0.25, 0.3) is 11.7 Å². The second kappa shape index (κ2) is 6.92. The van der Waals surface area contributed by atoms with Crippen LogP contribution in [0.2, 0.25) is 0 Å². The van der Waals surface area contributed by atoms with Gasteiger partial charge in [0.25, 0.3) is 0 Å². The van der Waals surface area contributed by atoms with Gasteiger partial charge in [0.05, 0.1) is 11.9 Å². The highest BCUT2D eigenvalue weighted by atomic mass is 79.9. The monoisotopic (exact) mass is 392 g/mol. The minimum Gasteiger partial charge on any atom is -0.435 e. The Balaban J connectivity index is 1.78. The number of rotatable bonds is 5. The number of pyridine rings is 1. The fourth-order valence-corrected chi connectivity index (χ4v) is 2.49. The molecule has 0 N–H and O–H groups in total. The second-order valence-corrected chi connectivity index (χ2v) is 5.77. The smallest absolute Gasteiger partial charge is 0.387 e. The molecule has 0 aliphatic rings. The first-order valence-electron chi connectivity index (χ1n) is 6.93. The number of carbonyl (C=O) groups excluding carboxylic acids is 1. The predicted octanol–water partition coefficient (Wildman–Crippen LogP) is 4.59. The summed E-state index contributed by atoms with van der Waals surface area (Å²) in [4.78, 5) is 16.4. The van der Waals surface area contributed by atoms with Gasteiger partial charge in [0.2, 0.25) is 0 Å². The van der Waals surface area contributed by atoms with Gasteiger partial charge in [-0.05, 0) is 64.5 Å². The molecule has 0 radical (unpaired) electrons. The molecule has 3 rings (SSSR count). The van der Waals surface area contributed by atoms with Crippen molar-refractivity contribution in [3.63, 3.8) is 0 Å². The molecular formula is C17H11BrF2N2O2. The number of ether oxygens (including phenoxy) is 1. The summed E-state index contributed by atoms with van der Waals surface area (Å²) in [5.74, 6) is -0.235. The van der Waals surface area contributed by atoms with Crippen molar-refractivity contribution in [1.82, 2.24) is 9.38 Å². The highest BCUT2D eigenvalue weighted by Crippen LogP contribution is 2.17. The van der Waals surface area contributed by atoms with Crippen molar-refractivity contribution >= 4 is 33.4 Å². The molecule has 0 aliphatic carbocycles. The van der Waals surface area contributed by atoms with Crippen molar-refractivity contribution in [2.24, 2.45) is 0 Å². The fourth-order valence-electron chi connectivity index (χ4n) is 2.15. The molecule has 0 spiro atoms. The number of alkyl halides is 2. The summed E-state index contributed by atoms with van der Waals surface area (Å²) in [6.07, 6.45) is 6.57. The number of imidazole rings is 1. The molecule has 122 valence electrons. The van der Waals surface area contributed by atoms with Crippen LogP contribution in [0, 0.1) is 0 Å². The first-order valence-corrected chi connectivity index (χ1v) is 7.72. The maximum atomic E-state index is 12.2. The zero-order chi connectivity index (χ0) is 17.1. The molecule has 0 bridgehead atoms. The Morgan fingerprint density at radius 2 is 1.96 bits per heavy atom. The van der Waals surface area contributed by atoms with E-state index in [1.165, 1.54) is 30.3 Å². The van der Waals surface area contributed by atoms with Crippen molar-refractivity contribution in [1.29, 1.82) is 0 Å². The number of fused-ring (bicyclic) bond motifs is 1. The molecule has 3 aromatic rings. The number of nitrogens with zero attached hydrogens (tertiary/aromatic N) is 2. The molecule has 0 unspecified atom stereocenters. The largest absolute Gasteiger partial charge is 0.435 e. The maximum absolute atomic E-state index is 12.2. The number of aromatic nitrogens is 2. The minimum atomic E-state index is -2.89. The lowest BCUT2D eigenvalue weighted by Crippen LogP contribution is -2.02. The van der Waals surface area contributed by atoms with Crippen LogP contribution in [0.1, 0.15) is 16.1 Å². The highest BCUT2D eigenvalue weighted by Gasteiger charge is 2.07. The third kappa shape index (κ3) is 3.68. The van der Waals surface area contributed by atoms with E-state index in [0.717, 1.165) is 15.8 Å². The van der Waals surface area contributed by atoms with Gasteiger partial charge in [-0.25, -0.2) is 4.98 Å². The van der Waals surface area contributed by atoms with Crippen molar-refractivity contribution in [2.45, 2.75) is 6.61 Å². The van der Waals surface area contributed by atoms with E-state index in [-0.39, 0.29) is 11.5 Å². The summed E-state index contributed by atoms with van der Waals surface area (Å²) in [6, 6.07) is 9.27. The molecule has 2 heterocycles. The summed E-state index contributed by atoms with van der Waals surface area (Å²) < 4.78 is 31.2. The van der Waals surface area contributed by atoms with Gasteiger partial charge in [-0.2, -0.15) is 8.78 Å². The van der Waals surface area contributed by atoms with Gasteiger partial charge in [0.15, 0.2) is 5.78 Å². The minimum absolute atomic E-state index is 0.0113. The van der Waals surface area contributed by atoms with E-state index in [1.807, 2.05) is 22.7 Å². The van der Waals surface area contributed by atoms with Crippen LogP contribution in [-0.4, -0.2) is 21.8 Å². The Labute approximate surface area is 144 Å². The molecule has 0 saturated heterocycles. The van der Waals surface area contributed by atoms with Crippen molar-refractivity contribution in [2.75, 3.05) is 0 Å². The summed E-state index contributed by atoms with van der Waals surface area (Å²) in [5.41, 5.74) is 1.89. The molecule has 0 fully saturated rings. The van der Waals surface area contributed by atoms with Crippen LogP contribution in [0.15, 0.2) is 59.3 Å². The molecular weight excluding hydrogens is 382 g/mol. The third-order valence-corrected chi connectivity index (χ3v) is 3.74. The molecule has 0 saturated carbocycles. The molecule has 4 nitrogen and oxygen atoms in total. The topological polar surface area (TPSA) is 43.6 Å². The van der Waals surface area contributed by atoms with Crippen LogP contribution < -0.4 is 4.74 Å². The number of allylic oxidation sites excluding steroid dienone is 1. The summed E-state index contributed by atoms with van der Waals surface area (Å²) in [5, 5.41) is 0. The van der Waals surface area contributed by atoms with Gasteiger partial charge in [-0.1, -0.05) is 0 Å². The van der Waals surface area contributed by atoms with Crippen LogP contribution in [0.3, 0.4) is 0 Å². The Hall–Kier alpha value is -2.54. The summed E-state index contributed by atoms with van der Waals surface area (Å²) in [6.45, 7) is -2.89. The molecule has 0 aliphatic heterocycles. The molecule has 0 atom stereocenters. The SMILES string of the molecule is O=C(/C=C/c1cnc2ccc(Br)cn12)c1ccc(OC(F)F)cc1. The second-order valence-electron chi connectivity index (χ2n) is 4.86. The summed E-state index contributed by atoms with van der Waals surface area (Å²) >= 11 is 3.39. The Morgan fingerprint density at radius 3 is 2.67 bits per heavy atom. The molecule has 1 aromatic carbocycles. The van der Waals surface area contributed by atoms with E-state index in [2.05, 4.69) is 25.7 Å². The Kier molecular flexibility index (Phi) is 4.71. The maximum Gasteiger partial charge on any atom is 0.387 e. The number of ketones is 1. The lowest BCUT2D eigenvalue weighted by atomic mass is 10.1. The van der Waals surface area contributed by atoms with E-state index >= 15 is 0 Å². The summed E-state index contributed by atoms with van der Waals surface area (Å²) in [7, 11) is 0. The number of hydrogen-bond acceptors (Lipinski definition) is 3. The molecule has 7 heteroatoms. The molecule has 2 aromatic heterocycles. The standard InChI is InChI=1S/C17H11BrF2N2O2/c18-12-3-8-16-21-9-13(22(16)10-12)4-7-15(23)11-1-5-14(6-2-11)24-17(19)20/h1-10,17H/b7-4+. The van der Waals surface area contributed by atoms with Gasteiger partial charge in [-0.15, -0.1) is 0 Å². The zero-order valence-electron chi connectivity index (χ0n) is 12.2. The number of carbonyl (C=O) groups is 1. The molecule has 24 heavy (non-hydrogen) atoms. The van der Waals surface area contributed by atoms with E-state index in [4.69, 9.17) is 0 Å². The van der Waals surface area contributed by atoms with Crippen LogP contribution in [0.4, 0.5) is 8.78 Å². The number of halogens is 3. The van der Waals surface area contributed by atoms with Crippen LogP contribution in [-0.2, 0) is 0 Å². The van der Waals surface area contributed by atoms with Crippen LogP contribution >= 0.6 is 15.9 Å². The fraction of sp³-hybridized carbons (Fsp3) is 0.0588. The quantitative estimate of drug-likeness (QED) is 0.470. The highest BCUT2D eigenvalue weighted by molar-refractivity contribution is 9.10. The average Bonchev–Trinajstić information content (AvgIpc) is 2.95. The van der Waals surface area contributed by atoms with E-state index in [1.54, 1.807) is 12.3 Å². The van der Waals surface area contributed by atoms with Gasteiger partial charge in [-0.3, -0.25) is 9.20 Å².